The Morgan fingerprint density at radius 1 is 0.853 bits per heavy atom. The van der Waals surface area contributed by atoms with E-state index in [4.69, 9.17) is 14.2 Å². The largest absolute Gasteiger partial charge is 0.461 e. The molecule has 0 radical (unpaired) electrons. The van der Waals surface area contributed by atoms with Crippen LogP contribution in [0.2, 0.25) is 0 Å². The monoisotopic (exact) mass is 477 g/mol. The minimum absolute atomic E-state index is 0.0590. The first kappa shape index (κ1) is 29.1. The van der Waals surface area contributed by atoms with Crippen molar-refractivity contribution in [1.29, 1.82) is 0 Å². The minimum atomic E-state index is -1.04. The summed E-state index contributed by atoms with van der Waals surface area (Å²) in [6, 6.07) is 8.26. The van der Waals surface area contributed by atoms with Crippen LogP contribution < -0.4 is 5.32 Å². The topological polar surface area (TPSA) is 108 Å². The zero-order valence-corrected chi connectivity index (χ0v) is 21.6. The summed E-state index contributed by atoms with van der Waals surface area (Å²) in [7, 11) is 0. The van der Waals surface area contributed by atoms with Crippen molar-refractivity contribution in [3.05, 3.63) is 35.9 Å². The minimum Gasteiger partial charge on any atom is -0.461 e. The first-order chi connectivity index (χ1) is 15.6. The highest BCUT2D eigenvalue weighted by molar-refractivity contribution is 5.92. The Kier molecular flexibility index (Phi) is 10.7. The van der Waals surface area contributed by atoms with Crippen molar-refractivity contribution in [3.63, 3.8) is 0 Å². The molecule has 1 N–H and O–H groups in total. The number of hydrogen-bond acceptors (Lipinski definition) is 7. The number of carbonyl (C=O) groups excluding carboxylic acids is 4. The third kappa shape index (κ3) is 11.8. The van der Waals surface area contributed by atoms with Gasteiger partial charge in [-0.2, -0.15) is 0 Å². The van der Waals surface area contributed by atoms with Crippen molar-refractivity contribution < 1.29 is 33.4 Å². The third-order valence-corrected chi connectivity index (χ3v) is 4.53. The molecule has 2 atom stereocenters. The summed E-state index contributed by atoms with van der Waals surface area (Å²) >= 11 is 0. The molecule has 1 aromatic rings. The van der Waals surface area contributed by atoms with Gasteiger partial charge in [-0.3, -0.25) is 14.4 Å². The van der Waals surface area contributed by atoms with Gasteiger partial charge in [0.2, 0.25) is 0 Å². The number of hydrogen-bond donors (Lipinski definition) is 1. The smallest absolute Gasteiger partial charge is 0.408 e. The molecule has 0 unspecified atom stereocenters. The van der Waals surface area contributed by atoms with E-state index in [1.54, 1.807) is 55.4 Å². The molecule has 1 rings (SSSR count). The van der Waals surface area contributed by atoms with Crippen LogP contribution >= 0.6 is 0 Å². The summed E-state index contributed by atoms with van der Waals surface area (Å²) in [6.45, 7) is 13.9. The molecule has 0 saturated heterocycles. The lowest BCUT2D eigenvalue weighted by molar-refractivity contribution is -0.165. The van der Waals surface area contributed by atoms with Crippen LogP contribution in [0, 0.1) is 11.8 Å². The van der Waals surface area contributed by atoms with Gasteiger partial charge < -0.3 is 19.5 Å². The van der Waals surface area contributed by atoms with Crippen molar-refractivity contribution in [3.8, 4) is 0 Å². The van der Waals surface area contributed by atoms with Crippen LogP contribution in [0.4, 0.5) is 4.79 Å². The van der Waals surface area contributed by atoms with E-state index in [0.717, 1.165) is 5.56 Å². The van der Waals surface area contributed by atoms with E-state index >= 15 is 0 Å². The van der Waals surface area contributed by atoms with Gasteiger partial charge in [0.1, 0.15) is 17.8 Å². The lowest BCUT2D eigenvalue weighted by Gasteiger charge is -2.27. The van der Waals surface area contributed by atoms with Crippen LogP contribution in [0.25, 0.3) is 0 Å². The number of Topliss-reactive ketones (excluding diaryl/α,β-unsaturated/α-hetero) is 1. The highest BCUT2D eigenvalue weighted by Crippen LogP contribution is 2.21. The lowest BCUT2D eigenvalue weighted by Crippen LogP contribution is -2.47. The normalized spacial score (nSPS) is 13.6. The van der Waals surface area contributed by atoms with Crippen molar-refractivity contribution in [2.75, 3.05) is 0 Å². The maximum atomic E-state index is 13.1. The predicted molar refractivity (Wildman–Crippen MR) is 128 cm³/mol. The Morgan fingerprint density at radius 2 is 1.41 bits per heavy atom. The molecule has 0 aliphatic carbocycles. The molecule has 0 fully saturated rings. The number of nitrogens with one attached hydrogen (secondary N) is 1. The Balaban J connectivity index is 2.92. The second kappa shape index (κ2) is 12.5. The molecule has 0 aliphatic heterocycles. The van der Waals surface area contributed by atoms with Gasteiger partial charge in [-0.25, -0.2) is 4.79 Å². The van der Waals surface area contributed by atoms with E-state index in [2.05, 4.69) is 5.32 Å². The average Bonchev–Trinajstić information content (AvgIpc) is 2.67. The number of ketones is 1. The molecule has 0 heterocycles. The van der Waals surface area contributed by atoms with Gasteiger partial charge in [-0.15, -0.1) is 0 Å². The average molecular weight is 478 g/mol. The van der Waals surface area contributed by atoms with E-state index in [0.29, 0.717) is 0 Å². The van der Waals surface area contributed by atoms with Crippen molar-refractivity contribution in [1.82, 2.24) is 5.32 Å². The van der Waals surface area contributed by atoms with E-state index in [-0.39, 0.29) is 25.4 Å². The van der Waals surface area contributed by atoms with Crippen molar-refractivity contribution >= 4 is 23.8 Å². The third-order valence-electron chi connectivity index (χ3n) is 4.53. The van der Waals surface area contributed by atoms with Crippen molar-refractivity contribution in [2.24, 2.45) is 11.8 Å². The van der Waals surface area contributed by atoms with Crippen molar-refractivity contribution in [2.45, 2.75) is 92.1 Å². The highest BCUT2D eigenvalue weighted by atomic mass is 16.6. The summed E-state index contributed by atoms with van der Waals surface area (Å²) in [5, 5.41) is 2.59. The van der Waals surface area contributed by atoms with Gasteiger partial charge >= 0.3 is 18.0 Å². The molecule has 34 heavy (non-hydrogen) atoms. The van der Waals surface area contributed by atoms with Gasteiger partial charge in [0, 0.05) is 6.42 Å². The van der Waals surface area contributed by atoms with Crippen LogP contribution in [0.3, 0.4) is 0 Å². The Labute approximate surface area is 202 Å². The van der Waals surface area contributed by atoms with Crippen LogP contribution in [0.1, 0.15) is 73.8 Å². The molecule has 0 saturated carbocycles. The number of alkyl carbamates (subject to hydrolysis) is 1. The maximum Gasteiger partial charge on any atom is 0.408 e. The Morgan fingerprint density at radius 3 is 1.91 bits per heavy atom. The molecule has 190 valence electrons. The summed E-state index contributed by atoms with van der Waals surface area (Å²) in [6.07, 6.45) is -1.32. The van der Waals surface area contributed by atoms with Gasteiger partial charge in [-0.1, -0.05) is 44.2 Å². The van der Waals surface area contributed by atoms with Crippen LogP contribution in [-0.4, -0.2) is 41.1 Å². The second-order valence-electron chi connectivity index (χ2n) is 10.6. The maximum absolute atomic E-state index is 13.1. The molecule has 8 heteroatoms. The number of esters is 2. The van der Waals surface area contributed by atoms with E-state index in [1.165, 1.54) is 0 Å². The van der Waals surface area contributed by atoms with E-state index < -0.39 is 47.0 Å². The van der Waals surface area contributed by atoms with E-state index in [1.807, 2.05) is 30.3 Å². The SMILES string of the molecule is CC(C)[C@H](NC(=O)OC(C)(C)C)C(=O)C[C@@H](CC(=O)OCc1ccccc1)C(=O)OC(C)(C)C. The van der Waals surface area contributed by atoms with Gasteiger partial charge in [0.05, 0.1) is 18.4 Å². The molecule has 1 aromatic carbocycles. The van der Waals surface area contributed by atoms with Gasteiger partial charge in [0.15, 0.2) is 5.78 Å². The van der Waals surface area contributed by atoms with E-state index in [9.17, 15) is 19.2 Å². The van der Waals surface area contributed by atoms with Crippen LogP contribution in [0.15, 0.2) is 30.3 Å². The summed E-state index contributed by atoms with van der Waals surface area (Å²) < 4.78 is 16.0. The number of benzene rings is 1. The summed E-state index contributed by atoms with van der Waals surface area (Å²) in [4.78, 5) is 50.6. The lowest BCUT2D eigenvalue weighted by atomic mass is 9.90. The molecule has 1 amide bonds. The zero-order valence-electron chi connectivity index (χ0n) is 21.6. The fourth-order valence-corrected chi connectivity index (χ4v) is 3.05. The van der Waals surface area contributed by atoms with Gasteiger partial charge in [-0.05, 0) is 53.0 Å². The van der Waals surface area contributed by atoms with Gasteiger partial charge in [0.25, 0.3) is 0 Å². The highest BCUT2D eigenvalue weighted by Gasteiger charge is 2.34. The first-order valence-corrected chi connectivity index (χ1v) is 11.5. The Hall–Kier alpha value is -2.90. The number of rotatable bonds is 10. The standard InChI is InChI=1S/C26H39NO7/c1-17(2)22(27-24(31)34-26(6,7)8)20(28)14-19(23(30)33-25(3,4)5)15-21(29)32-16-18-12-10-9-11-13-18/h9-13,17,19,22H,14-16H2,1-8H3,(H,27,31)/t19-,22-/m0/s1. The quantitative estimate of drug-likeness (QED) is 0.388. The predicted octanol–water partition coefficient (Wildman–Crippen LogP) is 4.59. The van der Waals surface area contributed by atoms with Crippen LogP contribution in [0.5, 0.6) is 0 Å². The summed E-state index contributed by atoms with van der Waals surface area (Å²) in [5.41, 5.74) is -0.712. The second-order valence-corrected chi connectivity index (χ2v) is 10.6. The fraction of sp³-hybridized carbons (Fsp3) is 0.615. The fourth-order valence-electron chi connectivity index (χ4n) is 3.05. The molecule has 0 bridgehead atoms. The number of amides is 1. The Bertz CT molecular complexity index is 835. The molecular weight excluding hydrogens is 438 g/mol. The first-order valence-electron chi connectivity index (χ1n) is 11.5. The molecule has 0 spiro atoms. The zero-order chi connectivity index (χ0) is 26.1. The number of carbonyl (C=O) groups is 4. The molecule has 0 aliphatic rings. The molecule has 0 aromatic heterocycles. The number of ether oxygens (including phenoxy) is 3. The molecular formula is C26H39NO7. The molecule has 8 nitrogen and oxygen atoms in total. The van der Waals surface area contributed by atoms with Crippen LogP contribution in [-0.2, 0) is 35.2 Å². The summed E-state index contributed by atoms with van der Waals surface area (Å²) in [5.74, 6) is -2.99.